The SMILES string of the molecule is CC(C)(C)[SH2+].CCOC(=O)CC(N)c1cccc(C(F)(F)c2ccccc2C)c1.CO. The van der Waals surface area contributed by atoms with Crippen LogP contribution in [0.4, 0.5) is 8.78 Å². The van der Waals surface area contributed by atoms with Crippen molar-refractivity contribution < 1.29 is 23.4 Å². The molecule has 0 spiro atoms. The molecule has 1 atom stereocenters. The lowest BCUT2D eigenvalue weighted by molar-refractivity contribution is -0.143. The Balaban J connectivity index is 0.00000113. The van der Waals surface area contributed by atoms with Crippen molar-refractivity contribution in [3.63, 3.8) is 0 Å². The van der Waals surface area contributed by atoms with E-state index in [0.29, 0.717) is 15.9 Å². The van der Waals surface area contributed by atoms with Crippen molar-refractivity contribution in [1.82, 2.24) is 0 Å². The first kappa shape index (κ1) is 29.0. The number of carbonyl (C=O) groups is 1. The van der Waals surface area contributed by atoms with Gasteiger partial charge in [-0.3, -0.25) is 4.79 Å². The molecule has 0 aliphatic rings. The van der Waals surface area contributed by atoms with Gasteiger partial charge in [0.05, 0.1) is 13.0 Å². The Morgan fingerprint density at radius 3 is 2.19 bits per heavy atom. The number of halogens is 2. The fourth-order valence-corrected chi connectivity index (χ4v) is 2.56. The Kier molecular flexibility index (Phi) is 12.6. The second-order valence-electron chi connectivity index (χ2n) is 7.88. The highest BCUT2D eigenvalue weighted by molar-refractivity contribution is 7.60. The van der Waals surface area contributed by atoms with Crippen LogP contribution in [-0.4, -0.2) is 29.5 Å². The molecule has 0 radical (unpaired) electrons. The molecule has 174 valence electrons. The lowest BCUT2D eigenvalue weighted by atomic mass is 9.93. The summed E-state index contributed by atoms with van der Waals surface area (Å²) in [5.74, 6) is -3.58. The molecule has 0 aromatic heterocycles. The number of esters is 1. The third-order valence-electron chi connectivity index (χ3n) is 3.85. The van der Waals surface area contributed by atoms with E-state index in [1.54, 1.807) is 38.1 Å². The smallest absolute Gasteiger partial charge is 0.307 e. The molecule has 0 bridgehead atoms. The molecule has 3 N–H and O–H groups in total. The summed E-state index contributed by atoms with van der Waals surface area (Å²) in [6, 6.07) is 11.6. The van der Waals surface area contributed by atoms with Gasteiger partial charge in [-0.15, -0.1) is 0 Å². The molecule has 4 nitrogen and oxygen atoms in total. The van der Waals surface area contributed by atoms with Crippen molar-refractivity contribution in [2.45, 2.75) is 57.8 Å². The summed E-state index contributed by atoms with van der Waals surface area (Å²) in [5.41, 5.74) is 6.77. The maximum Gasteiger partial charge on any atom is 0.307 e. The molecule has 7 heteroatoms. The van der Waals surface area contributed by atoms with Crippen molar-refractivity contribution in [2.24, 2.45) is 5.73 Å². The fraction of sp³-hybridized carbons (Fsp3) is 0.458. The second-order valence-corrected chi connectivity index (χ2v) is 9.38. The number of carbonyl (C=O) groups excluding carboxylic acids is 1. The summed E-state index contributed by atoms with van der Waals surface area (Å²) in [6.07, 6.45) is -0.0484. The number of aliphatic hydroxyl groups is 1. The van der Waals surface area contributed by atoms with Gasteiger partial charge in [-0.05, 0) is 64.4 Å². The van der Waals surface area contributed by atoms with Gasteiger partial charge >= 0.3 is 5.97 Å². The van der Waals surface area contributed by atoms with Gasteiger partial charge in [-0.25, -0.2) is 0 Å². The normalized spacial score (nSPS) is 12.0. The molecule has 0 saturated carbocycles. The van der Waals surface area contributed by atoms with Crippen LogP contribution in [0.3, 0.4) is 0 Å². The van der Waals surface area contributed by atoms with Gasteiger partial charge < -0.3 is 15.6 Å². The van der Waals surface area contributed by atoms with Crippen molar-refractivity contribution in [1.29, 1.82) is 0 Å². The second kappa shape index (κ2) is 13.5. The third-order valence-corrected chi connectivity index (χ3v) is 3.85. The van der Waals surface area contributed by atoms with Gasteiger partial charge in [0.25, 0.3) is 5.92 Å². The summed E-state index contributed by atoms with van der Waals surface area (Å²) in [4.78, 5) is 11.5. The quantitative estimate of drug-likeness (QED) is 0.496. The Labute approximate surface area is 190 Å². The van der Waals surface area contributed by atoms with E-state index in [4.69, 9.17) is 15.6 Å². The lowest BCUT2D eigenvalue weighted by Crippen LogP contribution is -2.20. The van der Waals surface area contributed by atoms with Crippen LogP contribution in [0.15, 0.2) is 48.5 Å². The molecule has 0 aliphatic heterocycles. The molecule has 1 unspecified atom stereocenters. The first-order chi connectivity index (χ1) is 14.4. The topological polar surface area (TPSA) is 72.5 Å². The molecule has 2 rings (SSSR count). The van der Waals surface area contributed by atoms with Gasteiger partial charge in [0.1, 0.15) is 4.75 Å². The maximum atomic E-state index is 14.8. The van der Waals surface area contributed by atoms with Gasteiger partial charge in [-0.2, -0.15) is 8.78 Å². The van der Waals surface area contributed by atoms with Crippen molar-refractivity contribution in [3.05, 3.63) is 70.8 Å². The lowest BCUT2D eigenvalue weighted by Gasteiger charge is -2.21. The first-order valence-corrected chi connectivity index (χ1v) is 10.5. The number of nitrogens with two attached hydrogens (primary N) is 1. The Morgan fingerprint density at radius 1 is 1.13 bits per heavy atom. The van der Waals surface area contributed by atoms with Crippen LogP contribution in [0.25, 0.3) is 0 Å². The van der Waals surface area contributed by atoms with E-state index in [2.05, 4.69) is 33.4 Å². The minimum absolute atomic E-state index is 0.0406. The molecule has 2 aromatic rings. The summed E-state index contributed by atoms with van der Waals surface area (Å²) in [7, 11) is 1.00. The van der Waals surface area contributed by atoms with Crippen LogP contribution in [0, 0.1) is 6.92 Å². The highest BCUT2D eigenvalue weighted by atomic mass is 32.1. The van der Waals surface area contributed by atoms with Crippen LogP contribution < -0.4 is 5.73 Å². The number of aryl methyl sites for hydroxylation is 1. The first-order valence-electron chi connectivity index (χ1n) is 10.0. The molecule has 0 saturated heterocycles. The number of rotatable bonds is 6. The average Bonchev–Trinajstić information content (AvgIpc) is 2.68. The monoisotopic (exact) mass is 456 g/mol. The number of alkyl halides is 2. The largest absolute Gasteiger partial charge is 0.466 e. The van der Waals surface area contributed by atoms with E-state index in [-0.39, 0.29) is 24.2 Å². The Morgan fingerprint density at radius 2 is 1.68 bits per heavy atom. The number of hydrogen-bond acceptors (Lipinski definition) is 4. The number of benzene rings is 2. The van der Waals surface area contributed by atoms with Crippen molar-refractivity contribution in [2.75, 3.05) is 13.7 Å². The summed E-state index contributed by atoms with van der Waals surface area (Å²) < 4.78 is 34.8. The Bertz CT molecular complexity index is 801. The van der Waals surface area contributed by atoms with Crippen LogP contribution >= 0.6 is 0 Å². The van der Waals surface area contributed by atoms with E-state index in [9.17, 15) is 13.6 Å². The van der Waals surface area contributed by atoms with E-state index in [1.165, 1.54) is 24.3 Å². The van der Waals surface area contributed by atoms with Crippen LogP contribution in [0.1, 0.15) is 62.4 Å². The summed E-state index contributed by atoms with van der Waals surface area (Å²) in [6.45, 7) is 9.92. The zero-order chi connectivity index (χ0) is 24.2. The van der Waals surface area contributed by atoms with Crippen LogP contribution in [0.5, 0.6) is 0 Å². The van der Waals surface area contributed by atoms with Gasteiger partial charge in [0, 0.05) is 24.3 Å². The number of hydrogen-bond donors (Lipinski definition) is 2. The Hall–Kier alpha value is -1.96. The number of aliphatic hydroxyl groups excluding tert-OH is 1. The minimum Gasteiger partial charge on any atom is -0.466 e. The maximum absolute atomic E-state index is 14.8. The highest BCUT2D eigenvalue weighted by Gasteiger charge is 2.35. The molecular formula is C24H36F2NO3S+. The standard InChI is InChI=1S/C19H21F2NO2.C4H10S.CH4O/c1-3-24-18(23)12-17(22)14-8-6-9-15(11-14)19(20,21)16-10-5-4-7-13(16)2;1-4(2,3)5;1-2/h4-11,17H,3,12,22H2,1-2H3;5H,1-3H3;2H,1H3/p+1. The molecular weight excluding hydrogens is 420 g/mol. The fourth-order valence-electron chi connectivity index (χ4n) is 2.56. The average molecular weight is 457 g/mol. The van der Waals surface area contributed by atoms with Crippen LogP contribution in [0.2, 0.25) is 0 Å². The molecule has 0 heterocycles. The van der Waals surface area contributed by atoms with Crippen LogP contribution in [-0.2, 0) is 28.1 Å². The minimum atomic E-state index is -3.13. The van der Waals surface area contributed by atoms with E-state index >= 15 is 0 Å². The van der Waals surface area contributed by atoms with E-state index in [1.807, 2.05) is 0 Å². The summed E-state index contributed by atoms with van der Waals surface area (Å²) in [5, 5.41) is 7.00. The zero-order valence-corrected chi connectivity index (χ0v) is 20.2. The summed E-state index contributed by atoms with van der Waals surface area (Å²) >= 11 is 3.42. The van der Waals surface area contributed by atoms with Crippen molar-refractivity contribution in [3.8, 4) is 0 Å². The molecule has 0 amide bonds. The van der Waals surface area contributed by atoms with Gasteiger partial charge in [0.2, 0.25) is 0 Å². The molecule has 2 aromatic carbocycles. The highest BCUT2D eigenvalue weighted by Crippen LogP contribution is 2.38. The van der Waals surface area contributed by atoms with Gasteiger partial charge in [-0.1, -0.05) is 42.5 Å². The van der Waals surface area contributed by atoms with E-state index in [0.717, 1.165) is 7.11 Å². The number of ether oxygens (including phenoxy) is 1. The molecule has 0 aliphatic carbocycles. The molecule has 0 fully saturated rings. The molecule has 31 heavy (non-hydrogen) atoms. The zero-order valence-electron chi connectivity index (χ0n) is 19.2. The predicted molar refractivity (Wildman–Crippen MR) is 127 cm³/mol. The third kappa shape index (κ3) is 10.8. The van der Waals surface area contributed by atoms with Crippen molar-refractivity contribution >= 4 is 18.6 Å². The predicted octanol–water partition coefficient (Wildman–Crippen LogP) is 4.49. The van der Waals surface area contributed by atoms with E-state index < -0.39 is 17.9 Å². The van der Waals surface area contributed by atoms with Gasteiger partial charge in [0.15, 0.2) is 0 Å².